The summed E-state index contributed by atoms with van der Waals surface area (Å²) >= 11 is 0. The number of ether oxygens (including phenoxy) is 5. The summed E-state index contributed by atoms with van der Waals surface area (Å²) in [6, 6.07) is 6.97. The number of fused-ring (bicyclic) bond motifs is 9. The maximum Gasteiger partial charge on any atom is 0.319 e. The number of methoxy groups -OCH3 is 1. The van der Waals surface area contributed by atoms with Crippen molar-refractivity contribution in [3.05, 3.63) is 47.7 Å². The first-order valence-electron chi connectivity index (χ1n) is 22.7. The van der Waals surface area contributed by atoms with Crippen molar-refractivity contribution in [2.45, 2.75) is 120 Å². The van der Waals surface area contributed by atoms with Crippen LogP contribution < -0.4 is 19.7 Å². The van der Waals surface area contributed by atoms with Gasteiger partial charge in [-0.05, 0) is 85.3 Å². The lowest BCUT2D eigenvalue weighted by Crippen LogP contribution is -2.62. The summed E-state index contributed by atoms with van der Waals surface area (Å²) in [6.07, 6.45) is 7.46. The Morgan fingerprint density at radius 3 is 2.61 bits per heavy atom. The summed E-state index contributed by atoms with van der Waals surface area (Å²) in [7, 11) is -0.747. The van der Waals surface area contributed by atoms with Gasteiger partial charge in [-0.1, -0.05) is 53.5 Å². The molecule has 5 aliphatic heterocycles. The van der Waals surface area contributed by atoms with Gasteiger partial charge in [0.25, 0.3) is 0 Å². The minimum absolute atomic E-state index is 0.00897. The molecule has 2 aromatic carbocycles. The number of aromatic nitrogens is 3. The fraction of sp³-hybridized carbons (Fsp3) is 0.604. The summed E-state index contributed by atoms with van der Waals surface area (Å²) < 4.78 is 64.9. The van der Waals surface area contributed by atoms with Crippen LogP contribution >= 0.6 is 0 Å². The molecular formula is C48H62F2N6O5Si. The Bertz CT molecular complexity index is 2370. The quantitative estimate of drug-likeness (QED) is 0.110. The Hall–Kier alpha value is -3.97. The highest BCUT2D eigenvalue weighted by molar-refractivity contribution is 6.90. The number of halogens is 2. The van der Waals surface area contributed by atoms with Crippen LogP contribution in [-0.2, 0) is 14.2 Å². The number of hydrogen-bond donors (Lipinski definition) is 1. The predicted molar refractivity (Wildman–Crippen MR) is 241 cm³/mol. The van der Waals surface area contributed by atoms with Crippen LogP contribution in [0.15, 0.2) is 30.5 Å². The lowest BCUT2D eigenvalue weighted by Gasteiger charge is -2.42. The Kier molecular flexibility index (Phi) is 12.0. The van der Waals surface area contributed by atoms with Crippen LogP contribution in [0.1, 0.15) is 85.6 Å². The van der Waals surface area contributed by atoms with E-state index in [-0.39, 0.29) is 52.8 Å². The lowest BCUT2D eigenvalue weighted by molar-refractivity contribution is 0.0239. The average molecular weight is 869 g/mol. The minimum Gasteiger partial charge on any atom is -0.468 e. The molecule has 0 aliphatic carbocycles. The summed E-state index contributed by atoms with van der Waals surface area (Å²) in [4.78, 5) is 19.5. The number of hydrogen-bond acceptors (Lipinski definition) is 11. The van der Waals surface area contributed by atoms with Crippen molar-refractivity contribution in [3.63, 3.8) is 0 Å². The second kappa shape index (κ2) is 17.2. The van der Waals surface area contributed by atoms with Crippen LogP contribution in [0.3, 0.4) is 0 Å². The van der Waals surface area contributed by atoms with Crippen molar-refractivity contribution in [2.24, 2.45) is 0 Å². The number of rotatable bonds is 7. The Morgan fingerprint density at radius 1 is 1.00 bits per heavy atom. The van der Waals surface area contributed by atoms with Crippen molar-refractivity contribution < 1.29 is 32.5 Å². The molecule has 4 saturated heterocycles. The van der Waals surface area contributed by atoms with Gasteiger partial charge in [-0.15, -0.1) is 5.54 Å². The molecule has 1 N–H and O–H groups in total. The third kappa shape index (κ3) is 7.74. The zero-order valence-electron chi connectivity index (χ0n) is 37.4. The van der Waals surface area contributed by atoms with E-state index < -0.39 is 19.7 Å². The smallest absolute Gasteiger partial charge is 0.319 e. The molecule has 5 aliphatic rings. The molecule has 0 radical (unpaired) electrons. The molecule has 332 valence electrons. The Balaban J connectivity index is 1.22. The van der Waals surface area contributed by atoms with Crippen LogP contribution in [-0.4, -0.2) is 118 Å². The third-order valence-electron chi connectivity index (χ3n) is 14.7. The Labute approximate surface area is 365 Å². The van der Waals surface area contributed by atoms with Gasteiger partial charge in [0.15, 0.2) is 12.6 Å². The zero-order valence-corrected chi connectivity index (χ0v) is 38.4. The molecule has 2 aromatic heterocycles. The Morgan fingerprint density at radius 2 is 1.82 bits per heavy atom. The number of benzene rings is 2. The van der Waals surface area contributed by atoms with E-state index in [0.717, 1.165) is 51.6 Å². The summed E-state index contributed by atoms with van der Waals surface area (Å²) in [5, 5.41) is 5.44. The predicted octanol–water partition coefficient (Wildman–Crippen LogP) is 8.41. The molecule has 0 amide bonds. The number of pyridine rings is 1. The topological polar surface area (TPSA) is 103 Å². The largest absolute Gasteiger partial charge is 0.468 e. The molecule has 7 bridgehead atoms. The van der Waals surface area contributed by atoms with Gasteiger partial charge in [-0.25, -0.2) is 8.78 Å². The van der Waals surface area contributed by atoms with Gasteiger partial charge in [0.1, 0.15) is 43.3 Å². The molecule has 2 spiro atoms. The molecular weight excluding hydrogens is 807 g/mol. The van der Waals surface area contributed by atoms with E-state index >= 15 is 8.78 Å². The van der Waals surface area contributed by atoms with Crippen LogP contribution in [0.25, 0.3) is 32.9 Å². The van der Waals surface area contributed by atoms with E-state index in [9.17, 15) is 0 Å². The second-order valence-electron chi connectivity index (χ2n) is 19.4. The molecule has 4 fully saturated rings. The highest BCUT2D eigenvalue weighted by Crippen LogP contribution is 2.44. The standard InChI is InChI=1S/C48H62F2N6O5Si/c1-30(2)62(31(3)4,32(5)6)19-13-37-40(49)11-10-33-20-35(61-29-57-7)21-38(41(33)37)43-42(50)44-39(23-51-43)45-53-46(52-44)60-28-48-14-8-16-56(48)25-36(22-48)59-18-9-17-58-27-47-15-12-34(54-47)24-55(45)26-47/h10-11,20-21,23,30-32,34,36,54H,8-9,12,14-18,22,24-29H2,1-7H3/t34-,36+,47+,48+/m0/s1. The fourth-order valence-electron chi connectivity index (χ4n) is 11.8. The zero-order chi connectivity index (χ0) is 43.4. The van der Waals surface area contributed by atoms with Gasteiger partial charge in [0, 0.05) is 63.1 Å². The number of nitrogens with one attached hydrogen (secondary N) is 1. The van der Waals surface area contributed by atoms with Crippen LogP contribution in [0.2, 0.25) is 16.6 Å². The van der Waals surface area contributed by atoms with Crippen LogP contribution in [0.4, 0.5) is 14.6 Å². The molecule has 0 unspecified atom stereocenters. The molecule has 4 atom stereocenters. The highest BCUT2D eigenvalue weighted by Gasteiger charge is 2.50. The van der Waals surface area contributed by atoms with Gasteiger partial charge < -0.3 is 33.9 Å². The van der Waals surface area contributed by atoms with Crippen molar-refractivity contribution in [1.82, 2.24) is 25.2 Å². The molecule has 62 heavy (non-hydrogen) atoms. The molecule has 14 heteroatoms. The number of piperazine rings is 1. The van der Waals surface area contributed by atoms with Crippen molar-refractivity contribution in [3.8, 4) is 34.5 Å². The molecule has 9 rings (SSSR count). The molecule has 0 saturated carbocycles. The number of anilines is 1. The van der Waals surface area contributed by atoms with Crippen molar-refractivity contribution >= 4 is 35.6 Å². The summed E-state index contributed by atoms with van der Waals surface area (Å²) in [6.45, 7) is 18.7. The monoisotopic (exact) mass is 868 g/mol. The molecule has 7 heterocycles. The van der Waals surface area contributed by atoms with Crippen LogP contribution in [0, 0.1) is 23.1 Å². The first kappa shape index (κ1) is 43.3. The third-order valence-corrected chi connectivity index (χ3v) is 21.0. The van der Waals surface area contributed by atoms with E-state index in [4.69, 9.17) is 38.6 Å². The van der Waals surface area contributed by atoms with E-state index in [1.54, 1.807) is 25.4 Å². The van der Waals surface area contributed by atoms with E-state index in [1.165, 1.54) is 6.07 Å². The average Bonchev–Trinajstić information content (AvgIpc) is 3.89. The minimum atomic E-state index is -2.29. The van der Waals surface area contributed by atoms with Gasteiger partial charge in [0.05, 0.1) is 34.7 Å². The second-order valence-corrected chi connectivity index (χ2v) is 25.0. The van der Waals surface area contributed by atoms with Crippen molar-refractivity contribution in [2.75, 3.05) is 71.4 Å². The molecule has 11 nitrogen and oxygen atoms in total. The summed E-state index contributed by atoms with van der Waals surface area (Å²) in [5.74, 6) is 3.25. The fourth-order valence-corrected chi connectivity index (χ4v) is 17.0. The maximum atomic E-state index is 17.9. The first-order valence-corrected chi connectivity index (χ1v) is 25.0. The normalized spacial score (nSPS) is 25.6. The van der Waals surface area contributed by atoms with E-state index in [2.05, 4.69) is 68.1 Å². The maximum absolute atomic E-state index is 17.9. The SMILES string of the molecule is COCOc1cc(-c2ncc3c4nc(nc3c2F)OC[C@]23CCCN2C[C@@H](C3)OCCCOC[C@@]23CC[C@@H](CN4C2)N3)c2c(C#C[Si](C(C)C)(C(C)C)C(C)C)c(F)ccc2c1. The van der Waals surface area contributed by atoms with Gasteiger partial charge in [-0.2, -0.15) is 9.97 Å². The summed E-state index contributed by atoms with van der Waals surface area (Å²) in [5.41, 5.74) is 4.88. The van der Waals surface area contributed by atoms with Crippen molar-refractivity contribution in [1.29, 1.82) is 0 Å². The first-order chi connectivity index (χ1) is 29.8. The van der Waals surface area contributed by atoms with E-state index in [0.29, 0.717) is 89.4 Å². The van der Waals surface area contributed by atoms with E-state index in [1.807, 2.05) is 6.07 Å². The van der Waals surface area contributed by atoms with Gasteiger partial charge in [-0.3, -0.25) is 9.88 Å². The molecule has 4 aromatic rings. The van der Waals surface area contributed by atoms with Crippen LogP contribution in [0.5, 0.6) is 11.8 Å². The van der Waals surface area contributed by atoms with Gasteiger partial charge in [0.2, 0.25) is 0 Å². The van der Waals surface area contributed by atoms with Gasteiger partial charge >= 0.3 is 6.01 Å². The lowest BCUT2D eigenvalue weighted by atomic mass is 9.94. The number of nitrogens with zero attached hydrogens (tertiary/aromatic N) is 5. The highest BCUT2D eigenvalue weighted by atomic mass is 28.3.